The Bertz CT molecular complexity index is 858. The van der Waals surface area contributed by atoms with Gasteiger partial charge in [-0.2, -0.15) is 4.98 Å². The SMILES string of the molecule is CCN(C(=O)[C@@H](C)Sc1n[nH]c(N)n1)c1cccc2ccccc12. The van der Waals surface area contributed by atoms with Crippen LogP contribution in [-0.4, -0.2) is 32.9 Å². The Hall–Kier alpha value is -2.54. The Morgan fingerprint density at radius 2 is 2.04 bits per heavy atom. The molecule has 0 saturated carbocycles. The molecule has 0 radical (unpaired) electrons. The zero-order valence-electron chi connectivity index (χ0n) is 13.6. The van der Waals surface area contributed by atoms with Gasteiger partial charge in [0, 0.05) is 11.9 Å². The van der Waals surface area contributed by atoms with E-state index in [4.69, 9.17) is 5.73 Å². The molecule has 0 saturated heterocycles. The number of H-pyrrole nitrogens is 1. The molecule has 0 aliphatic carbocycles. The van der Waals surface area contributed by atoms with Crippen molar-refractivity contribution in [2.24, 2.45) is 0 Å². The quantitative estimate of drug-likeness (QED) is 0.696. The second-order valence-electron chi connectivity index (χ2n) is 5.34. The molecule has 3 rings (SSSR count). The molecule has 0 aliphatic rings. The number of thioether (sulfide) groups is 1. The average Bonchev–Trinajstić information content (AvgIpc) is 3.00. The van der Waals surface area contributed by atoms with Crippen LogP contribution in [0, 0.1) is 0 Å². The number of nitrogen functional groups attached to an aromatic ring is 1. The van der Waals surface area contributed by atoms with Gasteiger partial charge in [-0.15, -0.1) is 5.10 Å². The summed E-state index contributed by atoms with van der Waals surface area (Å²) >= 11 is 1.29. The lowest BCUT2D eigenvalue weighted by atomic mass is 10.1. The monoisotopic (exact) mass is 341 g/mol. The van der Waals surface area contributed by atoms with Gasteiger partial charge in [-0.1, -0.05) is 48.2 Å². The normalized spacial score (nSPS) is 12.2. The summed E-state index contributed by atoms with van der Waals surface area (Å²) in [5.41, 5.74) is 6.45. The molecule has 1 aromatic heterocycles. The van der Waals surface area contributed by atoms with Crippen LogP contribution in [-0.2, 0) is 4.79 Å². The van der Waals surface area contributed by atoms with Crippen LogP contribution in [0.3, 0.4) is 0 Å². The number of benzene rings is 2. The average molecular weight is 341 g/mol. The van der Waals surface area contributed by atoms with Crippen molar-refractivity contribution in [1.82, 2.24) is 15.2 Å². The van der Waals surface area contributed by atoms with E-state index in [1.54, 1.807) is 4.90 Å². The fraction of sp³-hybridized carbons (Fsp3) is 0.235. The zero-order chi connectivity index (χ0) is 17.1. The number of aromatic amines is 1. The van der Waals surface area contributed by atoms with Crippen LogP contribution < -0.4 is 10.6 Å². The fourth-order valence-corrected chi connectivity index (χ4v) is 3.42. The van der Waals surface area contributed by atoms with E-state index in [1.165, 1.54) is 11.8 Å². The highest BCUT2D eigenvalue weighted by Gasteiger charge is 2.24. The van der Waals surface area contributed by atoms with Gasteiger partial charge in [-0.3, -0.25) is 4.79 Å². The molecule has 3 N–H and O–H groups in total. The van der Waals surface area contributed by atoms with E-state index in [-0.39, 0.29) is 17.1 Å². The third-order valence-electron chi connectivity index (χ3n) is 3.75. The predicted octanol–water partition coefficient (Wildman–Crippen LogP) is 3.07. The predicted molar refractivity (Wildman–Crippen MR) is 98.1 cm³/mol. The van der Waals surface area contributed by atoms with Gasteiger partial charge < -0.3 is 10.6 Å². The number of nitrogens with two attached hydrogens (primary N) is 1. The number of aromatic nitrogens is 3. The number of nitrogens with one attached hydrogen (secondary N) is 1. The highest BCUT2D eigenvalue weighted by atomic mass is 32.2. The van der Waals surface area contributed by atoms with Crippen LogP contribution in [0.4, 0.5) is 11.6 Å². The topological polar surface area (TPSA) is 87.9 Å². The smallest absolute Gasteiger partial charge is 0.240 e. The summed E-state index contributed by atoms with van der Waals surface area (Å²) in [7, 11) is 0. The molecule has 7 heteroatoms. The first kappa shape index (κ1) is 16.3. The lowest BCUT2D eigenvalue weighted by Crippen LogP contribution is -2.36. The minimum absolute atomic E-state index is 0.0159. The molecule has 1 amide bonds. The van der Waals surface area contributed by atoms with Crippen LogP contribution in [0.2, 0.25) is 0 Å². The van der Waals surface area contributed by atoms with Crippen molar-refractivity contribution in [3.63, 3.8) is 0 Å². The zero-order valence-corrected chi connectivity index (χ0v) is 14.4. The van der Waals surface area contributed by atoms with Crippen molar-refractivity contribution < 1.29 is 4.79 Å². The van der Waals surface area contributed by atoms with E-state index in [0.717, 1.165) is 16.5 Å². The van der Waals surface area contributed by atoms with Crippen LogP contribution in [0.15, 0.2) is 47.6 Å². The Morgan fingerprint density at radius 1 is 1.29 bits per heavy atom. The van der Waals surface area contributed by atoms with Gasteiger partial charge in [-0.05, 0) is 25.3 Å². The highest BCUT2D eigenvalue weighted by molar-refractivity contribution is 8.00. The first-order chi connectivity index (χ1) is 11.6. The molecule has 124 valence electrons. The van der Waals surface area contributed by atoms with E-state index >= 15 is 0 Å². The molecule has 3 aromatic rings. The minimum atomic E-state index is -0.320. The maximum atomic E-state index is 12.9. The van der Waals surface area contributed by atoms with E-state index in [0.29, 0.717) is 11.7 Å². The van der Waals surface area contributed by atoms with Crippen molar-refractivity contribution in [1.29, 1.82) is 0 Å². The van der Waals surface area contributed by atoms with Crippen LogP contribution in [0.1, 0.15) is 13.8 Å². The summed E-state index contributed by atoms with van der Waals surface area (Å²) < 4.78 is 0. The lowest BCUT2D eigenvalue weighted by molar-refractivity contribution is -0.117. The largest absolute Gasteiger partial charge is 0.368 e. The number of carbonyl (C=O) groups is 1. The van der Waals surface area contributed by atoms with Gasteiger partial charge in [0.25, 0.3) is 0 Å². The number of nitrogens with zero attached hydrogens (tertiary/aromatic N) is 3. The maximum absolute atomic E-state index is 12.9. The molecular formula is C17H19N5OS. The fourth-order valence-electron chi connectivity index (χ4n) is 2.63. The molecule has 24 heavy (non-hydrogen) atoms. The molecule has 0 fully saturated rings. The molecular weight excluding hydrogens is 322 g/mol. The first-order valence-electron chi connectivity index (χ1n) is 7.73. The maximum Gasteiger partial charge on any atom is 0.240 e. The molecule has 2 aromatic carbocycles. The first-order valence-corrected chi connectivity index (χ1v) is 8.61. The number of rotatable bonds is 5. The molecule has 6 nitrogen and oxygen atoms in total. The van der Waals surface area contributed by atoms with E-state index in [9.17, 15) is 4.79 Å². The number of hydrogen-bond donors (Lipinski definition) is 2. The second kappa shape index (κ2) is 6.92. The number of carbonyl (C=O) groups excluding carboxylic acids is 1. The van der Waals surface area contributed by atoms with Crippen molar-refractivity contribution in [3.05, 3.63) is 42.5 Å². The van der Waals surface area contributed by atoms with Gasteiger partial charge in [0.1, 0.15) is 0 Å². The molecule has 1 atom stereocenters. The van der Waals surface area contributed by atoms with Crippen molar-refractivity contribution in [2.75, 3.05) is 17.2 Å². The molecule has 0 spiro atoms. The minimum Gasteiger partial charge on any atom is -0.368 e. The van der Waals surface area contributed by atoms with Gasteiger partial charge in [0.05, 0.1) is 10.9 Å². The summed E-state index contributed by atoms with van der Waals surface area (Å²) in [6.07, 6.45) is 0. The molecule has 0 bridgehead atoms. The van der Waals surface area contributed by atoms with Crippen LogP contribution in [0.25, 0.3) is 10.8 Å². The summed E-state index contributed by atoms with van der Waals surface area (Å²) in [4.78, 5) is 18.8. The van der Waals surface area contributed by atoms with Gasteiger partial charge >= 0.3 is 0 Å². The second-order valence-corrected chi connectivity index (χ2v) is 6.65. The van der Waals surface area contributed by atoms with E-state index in [1.807, 2.05) is 56.3 Å². The van der Waals surface area contributed by atoms with Crippen LogP contribution in [0.5, 0.6) is 0 Å². The third kappa shape index (κ3) is 3.21. The van der Waals surface area contributed by atoms with Gasteiger partial charge in [0.15, 0.2) is 0 Å². The van der Waals surface area contributed by atoms with Crippen molar-refractivity contribution in [2.45, 2.75) is 24.3 Å². The standard InChI is InChI=1S/C17H19N5OS/c1-3-22(14-10-6-8-12-7-4-5-9-13(12)14)15(23)11(2)24-17-19-16(18)20-21-17/h4-11H,3H2,1-2H3,(H3,18,19,20,21)/t11-/m1/s1. The van der Waals surface area contributed by atoms with Crippen molar-refractivity contribution >= 4 is 40.1 Å². The molecule has 1 heterocycles. The van der Waals surface area contributed by atoms with Gasteiger partial charge in [0.2, 0.25) is 17.0 Å². The van der Waals surface area contributed by atoms with E-state index < -0.39 is 0 Å². The lowest BCUT2D eigenvalue weighted by Gasteiger charge is -2.25. The Kier molecular flexibility index (Phi) is 4.71. The van der Waals surface area contributed by atoms with Crippen molar-refractivity contribution in [3.8, 4) is 0 Å². The highest BCUT2D eigenvalue weighted by Crippen LogP contribution is 2.29. The number of anilines is 2. The van der Waals surface area contributed by atoms with Crippen LogP contribution >= 0.6 is 11.8 Å². The third-order valence-corrected chi connectivity index (χ3v) is 4.70. The summed E-state index contributed by atoms with van der Waals surface area (Å²) in [5.74, 6) is 0.265. The Morgan fingerprint density at radius 3 is 2.75 bits per heavy atom. The summed E-state index contributed by atoms with van der Waals surface area (Å²) in [6.45, 7) is 4.42. The number of fused-ring (bicyclic) bond motifs is 1. The Balaban J connectivity index is 1.88. The molecule has 0 aliphatic heterocycles. The Labute approximate surface area is 144 Å². The molecule has 0 unspecified atom stereocenters. The van der Waals surface area contributed by atoms with E-state index in [2.05, 4.69) is 15.2 Å². The van der Waals surface area contributed by atoms with Gasteiger partial charge in [-0.25, -0.2) is 5.10 Å². The summed E-state index contributed by atoms with van der Waals surface area (Å²) in [6, 6.07) is 14.1. The summed E-state index contributed by atoms with van der Waals surface area (Å²) in [5, 5.41) is 8.89. The number of hydrogen-bond acceptors (Lipinski definition) is 5. The number of amides is 1.